The van der Waals surface area contributed by atoms with Gasteiger partial charge in [0.25, 0.3) is 5.91 Å². The highest BCUT2D eigenvalue weighted by atomic mass is 16.2. The summed E-state index contributed by atoms with van der Waals surface area (Å²) in [6.45, 7) is 1.88. The number of rotatable bonds is 4. The van der Waals surface area contributed by atoms with Crippen LogP contribution in [0.5, 0.6) is 0 Å². The van der Waals surface area contributed by atoms with Crippen LogP contribution in [0.2, 0.25) is 0 Å². The number of fused-ring (bicyclic) bond motifs is 2. The van der Waals surface area contributed by atoms with Crippen LogP contribution in [0.1, 0.15) is 23.0 Å². The lowest BCUT2D eigenvalue weighted by atomic mass is 10.0. The summed E-state index contributed by atoms with van der Waals surface area (Å²) >= 11 is 0. The van der Waals surface area contributed by atoms with E-state index in [1.807, 2.05) is 49.4 Å². The fourth-order valence-corrected chi connectivity index (χ4v) is 3.73. The Bertz CT molecular complexity index is 1440. The van der Waals surface area contributed by atoms with Crippen molar-refractivity contribution in [3.05, 3.63) is 102 Å². The Kier molecular flexibility index (Phi) is 4.77. The molecule has 0 fully saturated rings. The minimum Gasteiger partial charge on any atom is -0.272 e. The fraction of sp³-hybridized carbons (Fsp3) is 0.0385. The number of aromatic nitrogens is 2. The molecule has 0 unspecified atom stereocenters. The molecule has 2 N–H and O–H groups in total. The van der Waals surface area contributed by atoms with Crippen LogP contribution in [-0.4, -0.2) is 21.8 Å². The van der Waals surface area contributed by atoms with Crippen LogP contribution in [0.4, 0.5) is 0 Å². The van der Waals surface area contributed by atoms with Gasteiger partial charge in [0.05, 0.1) is 11.4 Å². The fourth-order valence-electron chi connectivity index (χ4n) is 3.73. The highest BCUT2D eigenvalue weighted by Gasteiger charge is 2.12. The molecule has 150 valence electrons. The number of carbonyl (C=O) groups excluding carboxylic acids is 1. The molecule has 0 atom stereocenters. The van der Waals surface area contributed by atoms with Crippen molar-refractivity contribution in [2.24, 2.45) is 5.10 Å². The summed E-state index contributed by atoms with van der Waals surface area (Å²) in [4.78, 5) is 12.6. The first-order chi connectivity index (χ1) is 15.2. The lowest BCUT2D eigenvalue weighted by Gasteiger charge is -2.06. The molecule has 0 bridgehead atoms. The van der Waals surface area contributed by atoms with E-state index in [9.17, 15) is 4.79 Å². The summed E-state index contributed by atoms with van der Waals surface area (Å²) in [7, 11) is 0. The molecular weight excluding hydrogens is 384 g/mol. The molecule has 1 aromatic heterocycles. The van der Waals surface area contributed by atoms with Gasteiger partial charge in [-0.2, -0.15) is 10.2 Å². The third-order valence-electron chi connectivity index (χ3n) is 5.37. The van der Waals surface area contributed by atoms with Crippen molar-refractivity contribution in [1.29, 1.82) is 0 Å². The normalized spacial score (nSPS) is 11.7. The second kappa shape index (κ2) is 7.88. The van der Waals surface area contributed by atoms with Gasteiger partial charge in [-0.15, -0.1) is 0 Å². The van der Waals surface area contributed by atoms with Gasteiger partial charge in [0.2, 0.25) is 0 Å². The first kappa shape index (κ1) is 18.8. The second-order valence-corrected chi connectivity index (χ2v) is 7.39. The van der Waals surface area contributed by atoms with Crippen LogP contribution >= 0.6 is 0 Å². The molecule has 0 aliphatic heterocycles. The van der Waals surface area contributed by atoms with Gasteiger partial charge in [-0.05, 0) is 40.6 Å². The van der Waals surface area contributed by atoms with Gasteiger partial charge in [-0.1, -0.05) is 78.9 Å². The number of hydrogen-bond acceptors (Lipinski definition) is 3. The van der Waals surface area contributed by atoms with Crippen molar-refractivity contribution in [2.75, 3.05) is 0 Å². The number of amides is 1. The summed E-state index contributed by atoms with van der Waals surface area (Å²) in [6.07, 6.45) is 0. The van der Waals surface area contributed by atoms with E-state index in [1.54, 1.807) is 6.07 Å². The van der Waals surface area contributed by atoms with E-state index in [2.05, 4.69) is 63.2 Å². The standard InChI is InChI=1S/C26H20N4O/c1-17(22-12-6-10-19-8-4-5-11-23(19)22)27-30-26(31)25-16-24(28-29-25)21-14-13-18-7-2-3-9-20(18)15-21/h2-16H,1H3,(H,28,29)(H,30,31)/b27-17+. The maximum Gasteiger partial charge on any atom is 0.289 e. The average molecular weight is 404 g/mol. The van der Waals surface area contributed by atoms with Crippen LogP contribution < -0.4 is 5.43 Å². The lowest BCUT2D eigenvalue weighted by molar-refractivity contribution is 0.0950. The smallest absolute Gasteiger partial charge is 0.272 e. The molecule has 5 rings (SSSR count). The number of hydrogen-bond donors (Lipinski definition) is 2. The van der Waals surface area contributed by atoms with E-state index in [0.717, 1.165) is 38.4 Å². The number of benzene rings is 4. The lowest BCUT2D eigenvalue weighted by Crippen LogP contribution is -2.19. The van der Waals surface area contributed by atoms with Gasteiger partial charge in [-0.25, -0.2) is 5.43 Å². The highest BCUT2D eigenvalue weighted by Crippen LogP contribution is 2.23. The zero-order valence-electron chi connectivity index (χ0n) is 17.0. The molecule has 5 heteroatoms. The van der Waals surface area contributed by atoms with E-state index in [1.165, 1.54) is 0 Å². The minimum absolute atomic E-state index is 0.334. The Morgan fingerprint density at radius 2 is 1.58 bits per heavy atom. The van der Waals surface area contributed by atoms with Crippen LogP contribution in [0.3, 0.4) is 0 Å². The molecule has 5 aromatic rings. The first-order valence-corrected chi connectivity index (χ1v) is 10.1. The molecule has 0 saturated carbocycles. The molecule has 4 aromatic carbocycles. The van der Waals surface area contributed by atoms with Gasteiger partial charge in [0, 0.05) is 11.1 Å². The van der Waals surface area contributed by atoms with Gasteiger partial charge in [-0.3, -0.25) is 9.89 Å². The molecule has 0 aliphatic carbocycles. The number of aromatic amines is 1. The Hall–Kier alpha value is -4.25. The summed E-state index contributed by atoms with van der Waals surface area (Å²) in [5.41, 5.74) is 6.38. The predicted octanol–water partition coefficient (Wildman–Crippen LogP) is 5.54. The number of hydrazone groups is 1. The second-order valence-electron chi connectivity index (χ2n) is 7.39. The number of nitrogens with zero attached hydrogens (tertiary/aromatic N) is 2. The molecular formula is C26H20N4O. The molecule has 31 heavy (non-hydrogen) atoms. The quantitative estimate of drug-likeness (QED) is 0.305. The van der Waals surface area contributed by atoms with Gasteiger partial charge >= 0.3 is 0 Å². The molecule has 0 radical (unpaired) electrons. The van der Waals surface area contributed by atoms with Crippen LogP contribution in [0.25, 0.3) is 32.8 Å². The topological polar surface area (TPSA) is 70.1 Å². The molecule has 1 heterocycles. The molecule has 5 nitrogen and oxygen atoms in total. The van der Waals surface area contributed by atoms with Gasteiger partial charge < -0.3 is 0 Å². The van der Waals surface area contributed by atoms with Crippen LogP contribution in [0, 0.1) is 0 Å². The molecule has 1 amide bonds. The summed E-state index contributed by atoms with van der Waals surface area (Å²) in [5, 5.41) is 16.0. The SMILES string of the molecule is C/C(=N\NC(=O)c1cc(-c2ccc3ccccc3c2)n[nH]1)c1cccc2ccccc12. The Morgan fingerprint density at radius 1 is 0.839 bits per heavy atom. The predicted molar refractivity (Wildman–Crippen MR) is 125 cm³/mol. The molecule has 0 spiro atoms. The minimum atomic E-state index is -0.334. The summed E-state index contributed by atoms with van der Waals surface area (Å²) < 4.78 is 0. The van der Waals surface area contributed by atoms with E-state index in [-0.39, 0.29) is 5.91 Å². The third-order valence-corrected chi connectivity index (χ3v) is 5.37. The van der Waals surface area contributed by atoms with Gasteiger partial charge in [0.15, 0.2) is 0 Å². The largest absolute Gasteiger partial charge is 0.289 e. The van der Waals surface area contributed by atoms with Crippen LogP contribution in [-0.2, 0) is 0 Å². The first-order valence-electron chi connectivity index (χ1n) is 10.1. The van der Waals surface area contributed by atoms with Gasteiger partial charge in [0.1, 0.15) is 5.69 Å². The number of carbonyl (C=O) groups is 1. The highest BCUT2D eigenvalue weighted by molar-refractivity contribution is 6.10. The zero-order valence-corrected chi connectivity index (χ0v) is 17.0. The van der Waals surface area contributed by atoms with Crippen molar-refractivity contribution in [1.82, 2.24) is 15.6 Å². The van der Waals surface area contributed by atoms with E-state index >= 15 is 0 Å². The summed E-state index contributed by atoms with van der Waals surface area (Å²) in [6, 6.07) is 30.2. The maximum atomic E-state index is 12.6. The zero-order chi connectivity index (χ0) is 21.2. The Balaban J connectivity index is 1.36. The van der Waals surface area contributed by atoms with Crippen molar-refractivity contribution in [3.8, 4) is 11.3 Å². The Morgan fingerprint density at radius 3 is 2.45 bits per heavy atom. The maximum absolute atomic E-state index is 12.6. The molecule has 0 saturated heterocycles. The van der Waals surface area contributed by atoms with Crippen molar-refractivity contribution < 1.29 is 4.79 Å². The van der Waals surface area contributed by atoms with Crippen LogP contribution in [0.15, 0.2) is 96.1 Å². The average Bonchev–Trinajstić information content (AvgIpc) is 3.32. The third kappa shape index (κ3) is 3.69. The van der Waals surface area contributed by atoms with Crippen molar-refractivity contribution >= 4 is 33.2 Å². The molecule has 0 aliphatic rings. The van der Waals surface area contributed by atoms with E-state index in [0.29, 0.717) is 11.4 Å². The number of nitrogens with one attached hydrogen (secondary N) is 2. The van der Waals surface area contributed by atoms with Crippen molar-refractivity contribution in [3.63, 3.8) is 0 Å². The van der Waals surface area contributed by atoms with Crippen molar-refractivity contribution in [2.45, 2.75) is 6.92 Å². The monoisotopic (exact) mass is 404 g/mol. The van der Waals surface area contributed by atoms with E-state index < -0.39 is 0 Å². The number of H-pyrrole nitrogens is 1. The van der Waals surface area contributed by atoms with E-state index in [4.69, 9.17) is 0 Å². The summed E-state index contributed by atoms with van der Waals surface area (Å²) in [5.74, 6) is -0.334. The Labute approximate surface area is 179 Å².